The molecule has 1 aliphatic heterocycles. The van der Waals surface area contributed by atoms with Crippen molar-refractivity contribution in [2.24, 2.45) is 5.92 Å². The molecular weight excluding hydrogens is 307 g/mol. The van der Waals surface area contributed by atoms with Crippen molar-refractivity contribution in [1.82, 2.24) is 9.97 Å². The summed E-state index contributed by atoms with van der Waals surface area (Å²) in [4.78, 5) is 23.4. The number of hydrogen-bond donors (Lipinski definition) is 1. The van der Waals surface area contributed by atoms with Crippen molar-refractivity contribution in [2.45, 2.75) is 26.7 Å². The molecule has 2 aromatic rings. The van der Waals surface area contributed by atoms with Gasteiger partial charge in [-0.2, -0.15) is 0 Å². The summed E-state index contributed by atoms with van der Waals surface area (Å²) >= 11 is 0. The minimum atomic E-state index is -0.394. The highest BCUT2D eigenvalue weighted by Crippen LogP contribution is 2.21. The van der Waals surface area contributed by atoms with E-state index in [0.29, 0.717) is 23.2 Å². The van der Waals surface area contributed by atoms with Crippen LogP contribution in [0.1, 0.15) is 35.9 Å². The van der Waals surface area contributed by atoms with Crippen molar-refractivity contribution in [3.8, 4) is 0 Å². The summed E-state index contributed by atoms with van der Waals surface area (Å²) < 4.78 is 13.2. The van der Waals surface area contributed by atoms with Crippen LogP contribution in [0.4, 0.5) is 16.0 Å². The lowest BCUT2D eigenvalue weighted by atomic mass is 10.00. The molecule has 6 heteroatoms. The minimum Gasteiger partial charge on any atom is -0.341 e. The zero-order valence-electron chi connectivity index (χ0n) is 13.9. The number of piperidine rings is 1. The van der Waals surface area contributed by atoms with E-state index in [0.717, 1.165) is 31.6 Å². The number of nitrogens with zero attached hydrogens (tertiary/aromatic N) is 3. The summed E-state index contributed by atoms with van der Waals surface area (Å²) in [6, 6.07) is 7.45. The van der Waals surface area contributed by atoms with Gasteiger partial charge in [-0.1, -0.05) is 13.0 Å². The number of hydrogen-bond acceptors (Lipinski definition) is 4. The number of carbonyl (C=O) groups is 1. The molecule has 5 nitrogen and oxygen atoms in total. The molecule has 0 unspecified atom stereocenters. The molecule has 1 amide bonds. The highest BCUT2D eigenvalue weighted by molar-refractivity contribution is 6.03. The molecule has 1 aliphatic rings. The van der Waals surface area contributed by atoms with Crippen LogP contribution in [0.15, 0.2) is 30.3 Å². The van der Waals surface area contributed by atoms with E-state index in [9.17, 15) is 9.18 Å². The average molecular weight is 328 g/mol. The molecule has 126 valence electrons. The zero-order chi connectivity index (χ0) is 17.1. The topological polar surface area (TPSA) is 58.1 Å². The number of carbonyl (C=O) groups excluding carboxylic acids is 1. The molecule has 3 rings (SSSR count). The van der Waals surface area contributed by atoms with Crippen LogP contribution in [0, 0.1) is 18.7 Å². The fourth-order valence-electron chi connectivity index (χ4n) is 2.78. The maximum absolute atomic E-state index is 13.2. The van der Waals surface area contributed by atoms with Crippen molar-refractivity contribution in [1.29, 1.82) is 0 Å². The summed E-state index contributed by atoms with van der Waals surface area (Å²) in [5.41, 5.74) is 1.44. The number of nitrogens with one attached hydrogen (secondary N) is 1. The minimum absolute atomic E-state index is 0.292. The Hall–Kier alpha value is -2.50. The Morgan fingerprint density at radius 3 is 2.71 bits per heavy atom. The standard InChI is InChI=1S/C18H21FN4O/c1-12-6-8-23(9-7-12)18-20-13(2)10-16(22-18)17(24)21-15-5-3-4-14(19)11-15/h3-5,10-12H,6-9H2,1-2H3,(H,21,24). The molecule has 1 saturated heterocycles. The van der Waals surface area contributed by atoms with Crippen LogP contribution in [0.3, 0.4) is 0 Å². The van der Waals surface area contributed by atoms with E-state index in [-0.39, 0.29) is 5.91 Å². The Morgan fingerprint density at radius 2 is 2.00 bits per heavy atom. The SMILES string of the molecule is Cc1cc(C(=O)Nc2cccc(F)c2)nc(N2CCC(C)CC2)n1. The molecule has 0 spiro atoms. The average Bonchev–Trinajstić information content (AvgIpc) is 2.55. The first-order chi connectivity index (χ1) is 11.5. The van der Waals surface area contributed by atoms with Crippen molar-refractivity contribution < 1.29 is 9.18 Å². The Bertz CT molecular complexity index is 742. The highest BCUT2D eigenvalue weighted by Gasteiger charge is 2.20. The number of benzene rings is 1. The lowest BCUT2D eigenvalue weighted by molar-refractivity contribution is 0.102. The van der Waals surface area contributed by atoms with E-state index >= 15 is 0 Å². The normalized spacial score (nSPS) is 15.4. The fourth-order valence-corrected chi connectivity index (χ4v) is 2.78. The van der Waals surface area contributed by atoms with Gasteiger partial charge in [-0.25, -0.2) is 14.4 Å². The molecule has 0 atom stereocenters. The molecular formula is C18H21FN4O. The first kappa shape index (κ1) is 16.4. The van der Waals surface area contributed by atoms with Crippen molar-refractivity contribution in [2.75, 3.05) is 23.3 Å². The Balaban J connectivity index is 1.79. The molecule has 0 saturated carbocycles. The Labute approximate surface area is 140 Å². The maximum Gasteiger partial charge on any atom is 0.274 e. The van der Waals surface area contributed by atoms with Crippen LogP contribution in [0.5, 0.6) is 0 Å². The summed E-state index contributed by atoms with van der Waals surface area (Å²) in [5.74, 6) is 0.542. The van der Waals surface area contributed by atoms with Crippen LogP contribution in [0.2, 0.25) is 0 Å². The lowest BCUT2D eigenvalue weighted by Crippen LogP contribution is -2.34. The van der Waals surface area contributed by atoms with Crippen LogP contribution in [-0.2, 0) is 0 Å². The molecule has 24 heavy (non-hydrogen) atoms. The van der Waals surface area contributed by atoms with E-state index in [2.05, 4.69) is 27.1 Å². The van der Waals surface area contributed by atoms with Gasteiger partial charge in [0.1, 0.15) is 11.5 Å². The van der Waals surface area contributed by atoms with Gasteiger partial charge in [0.05, 0.1) is 0 Å². The second kappa shape index (κ2) is 6.95. The second-order valence-corrected chi connectivity index (χ2v) is 6.33. The van der Waals surface area contributed by atoms with E-state index in [1.807, 2.05) is 6.92 Å². The number of rotatable bonds is 3. The summed E-state index contributed by atoms with van der Waals surface area (Å²) in [6.45, 7) is 5.88. The molecule has 1 aromatic heterocycles. The van der Waals surface area contributed by atoms with Gasteiger partial charge in [0.25, 0.3) is 5.91 Å². The van der Waals surface area contributed by atoms with E-state index in [1.54, 1.807) is 18.2 Å². The highest BCUT2D eigenvalue weighted by atomic mass is 19.1. The molecule has 1 aromatic carbocycles. The third-order valence-corrected chi connectivity index (χ3v) is 4.22. The third-order valence-electron chi connectivity index (χ3n) is 4.22. The van der Waals surface area contributed by atoms with Crippen molar-refractivity contribution in [3.63, 3.8) is 0 Å². The van der Waals surface area contributed by atoms with Crippen LogP contribution in [-0.4, -0.2) is 29.0 Å². The summed E-state index contributed by atoms with van der Waals surface area (Å²) in [6.07, 6.45) is 2.20. The molecule has 2 heterocycles. The van der Waals surface area contributed by atoms with Crippen LogP contribution in [0.25, 0.3) is 0 Å². The number of aryl methyl sites for hydroxylation is 1. The quantitative estimate of drug-likeness (QED) is 0.938. The van der Waals surface area contributed by atoms with Gasteiger partial charge < -0.3 is 10.2 Å². The van der Waals surface area contributed by atoms with Crippen molar-refractivity contribution in [3.05, 3.63) is 47.5 Å². The summed E-state index contributed by atoms with van der Waals surface area (Å²) in [5, 5.41) is 2.68. The number of aromatic nitrogens is 2. The van der Waals surface area contributed by atoms with Crippen LogP contribution >= 0.6 is 0 Å². The molecule has 0 radical (unpaired) electrons. The number of amides is 1. The number of anilines is 2. The van der Waals surface area contributed by atoms with Gasteiger partial charge in [-0.05, 0) is 49.9 Å². The van der Waals surface area contributed by atoms with Gasteiger partial charge in [-0.15, -0.1) is 0 Å². The molecule has 1 N–H and O–H groups in total. The molecule has 1 fully saturated rings. The first-order valence-electron chi connectivity index (χ1n) is 8.19. The Morgan fingerprint density at radius 1 is 1.25 bits per heavy atom. The fraction of sp³-hybridized carbons (Fsp3) is 0.389. The second-order valence-electron chi connectivity index (χ2n) is 6.33. The van der Waals surface area contributed by atoms with Gasteiger partial charge in [0.15, 0.2) is 0 Å². The lowest BCUT2D eigenvalue weighted by Gasteiger charge is -2.30. The van der Waals surface area contributed by atoms with Gasteiger partial charge in [0, 0.05) is 24.5 Å². The van der Waals surface area contributed by atoms with Crippen LogP contribution < -0.4 is 10.2 Å². The van der Waals surface area contributed by atoms with E-state index < -0.39 is 5.82 Å². The zero-order valence-corrected chi connectivity index (χ0v) is 13.9. The largest absolute Gasteiger partial charge is 0.341 e. The monoisotopic (exact) mass is 328 g/mol. The summed E-state index contributed by atoms with van der Waals surface area (Å²) in [7, 11) is 0. The molecule has 0 bridgehead atoms. The maximum atomic E-state index is 13.2. The Kier molecular flexibility index (Phi) is 4.74. The third kappa shape index (κ3) is 3.88. The van der Waals surface area contributed by atoms with Gasteiger partial charge in [0.2, 0.25) is 5.95 Å². The predicted molar refractivity (Wildman–Crippen MR) is 91.7 cm³/mol. The molecule has 0 aliphatic carbocycles. The van der Waals surface area contributed by atoms with Gasteiger partial charge in [-0.3, -0.25) is 4.79 Å². The van der Waals surface area contributed by atoms with E-state index in [1.165, 1.54) is 12.1 Å². The predicted octanol–water partition coefficient (Wildman–Crippen LogP) is 3.41. The van der Waals surface area contributed by atoms with Crippen molar-refractivity contribution >= 4 is 17.5 Å². The number of halogens is 1. The first-order valence-corrected chi connectivity index (χ1v) is 8.19. The van der Waals surface area contributed by atoms with E-state index in [4.69, 9.17) is 0 Å². The smallest absolute Gasteiger partial charge is 0.274 e. The van der Waals surface area contributed by atoms with Gasteiger partial charge >= 0.3 is 0 Å².